The van der Waals surface area contributed by atoms with Crippen molar-refractivity contribution >= 4 is 34.2 Å². The van der Waals surface area contributed by atoms with Gasteiger partial charge >= 0.3 is 0 Å². The highest BCUT2D eigenvalue weighted by molar-refractivity contribution is 7.95. The lowest BCUT2D eigenvalue weighted by Crippen LogP contribution is -2.32. The summed E-state index contributed by atoms with van der Waals surface area (Å²) in [4.78, 5) is 5.15. The summed E-state index contributed by atoms with van der Waals surface area (Å²) >= 11 is 0. The zero-order valence-corrected chi connectivity index (χ0v) is 16.4. The second-order valence-electron chi connectivity index (χ2n) is 7.00. The maximum Gasteiger partial charge on any atom is 0.193 e. The molecule has 0 unspecified atom stereocenters. The molecule has 0 spiro atoms. The molecule has 1 nitrogen and oxygen atoms in total. The Bertz CT molecular complexity index is 1020. The summed E-state index contributed by atoms with van der Waals surface area (Å²) in [5, 5.41) is 3.98. The van der Waals surface area contributed by atoms with Crippen molar-refractivity contribution in [1.29, 1.82) is 0 Å². The van der Waals surface area contributed by atoms with Crippen molar-refractivity contribution in [3.63, 3.8) is 0 Å². The zero-order valence-electron chi connectivity index (χ0n) is 15.5. The Labute approximate surface area is 156 Å². The molecule has 0 N–H and O–H groups in total. The summed E-state index contributed by atoms with van der Waals surface area (Å²) in [6, 6.07) is 30.5. The van der Waals surface area contributed by atoms with Gasteiger partial charge in [0.2, 0.25) is 0 Å². The van der Waals surface area contributed by atoms with Gasteiger partial charge in [0.05, 0.1) is 12.2 Å². The average molecular weight is 356 g/mol. The molecule has 0 amide bonds. The molecule has 0 aliphatic rings. The van der Waals surface area contributed by atoms with E-state index in [1.54, 1.807) is 0 Å². The number of fused-ring (bicyclic) bond motifs is 1. The van der Waals surface area contributed by atoms with Crippen molar-refractivity contribution in [2.45, 2.75) is 13.8 Å². The van der Waals surface area contributed by atoms with Crippen molar-refractivity contribution in [2.75, 3.05) is 6.66 Å². The van der Waals surface area contributed by atoms with Crippen molar-refractivity contribution in [3.05, 3.63) is 96.1 Å². The predicted molar refractivity (Wildman–Crippen MR) is 116 cm³/mol. The molecule has 0 saturated heterocycles. The second kappa shape index (κ2) is 6.67. The highest BCUT2D eigenvalue weighted by Crippen LogP contribution is 2.51. The minimum absolute atomic E-state index is 1.09. The van der Waals surface area contributed by atoms with Gasteiger partial charge in [-0.3, -0.25) is 0 Å². The predicted octanol–water partition coefficient (Wildman–Crippen LogP) is 4.78. The van der Waals surface area contributed by atoms with Crippen LogP contribution in [0.1, 0.15) is 11.1 Å². The van der Waals surface area contributed by atoms with E-state index >= 15 is 0 Å². The van der Waals surface area contributed by atoms with E-state index in [1.807, 2.05) is 0 Å². The molecule has 0 atom stereocenters. The van der Waals surface area contributed by atoms with Crippen LogP contribution in [0.2, 0.25) is 0 Å². The molecule has 0 aliphatic carbocycles. The van der Waals surface area contributed by atoms with Crippen molar-refractivity contribution in [2.24, 2.45) is 0 Å². The summed E-state index contributed by atoms with van der Waals surface area (Å²) in [5.41, 5.74) is 4.86. The number of pyridine rings is 1. The van der Waals surface area contributed by atoms with Gasteiger partial charge in [-0.05, 0) is 55.8 Å². The number of benzene rings is 3. The molecular weight excluding hydrogens is 333 g/mol. The van der Waals surface area contributed by atoms with Gasteiger partial charge in [0, 0.05) is 11.5 Å². The minimum Gasteiger partial charge on any atom is -0.213 e. The number of aromatic nitrogens is 1. The number of nitrogens with zero attached hydrogens (tertiary/aromatic N) is 1. The van der Waals surface area contributed by atoms with E-state index in [0.717, 1.165) is 5.52 Å². The SMILES string of the molecule is Cc1ccc2nc([P+](C)(c3ccccc3)c3ccccc3)cc(C)c2c1. The number of hydrogen-bond donors (Lipinski definition) is 0. The van der Waals surface area contributed by atoms with E-state index in [0.29, 0.717) is 0 Å². The van der Waals surface area contributed by atoms with Crippen LogP contribution in [0.5, 0.6) is 0 Å². The Morgan fingerprint density at radius 1 is 0.692 bits per heavy atom. The van der Waals surface area contributed by atoms with Gasteiger partial charge in [-0.1, -0.05) is 48.0 Å². The molecular formula is C24H23NP+. The van der Waals surface area contributed by atoms with Crippen LogP contribution in [0.25, 0.3) is 10.9 Å². The highest BCUT2D eigenvalue weighted by atomic mass is 31.2. The van der Waals surface area contributed by atoms with Crippen LogP contribution in [0, 0.1) is 13.8 Å². The van der Waals surface area contributed by atoms with Crippen LogP contribution < -0.4 is 16.0 Å². The highest BCUT2D eigenvalue weighted by Gasteiger charge is 2.42. The average Bonchev–Trinajstić information content (AvgIpc) is 2.69. The summed E-state index contributed by atoms with van der Waals surface area (Å²) in [7, 11) is -1.78. The topological polar surface area (TPSA) is 12.9 Å². The first-order valence-electron chi connectivity index (χ1n) is 8.95. The summed E-state index contributed by atoms with van der Waals surface area (Å²) in [5.74, 6) is 0. The van der Waals surface area contributed by atoms with E-state index in [4.69, 9.17) is 4.98 Å². The van der Waals surface area contributed by atoms with E-state index in [2.05, 4.69) is 105 Å². The van der Waals surface area contributed by atoms with Crippen LogP contribution in [-0.2, 0) is 0 Å². The molecule has 0 aliphatic heterocycles. The maximum atomic E-state index is 5.15. The first kappa shape index (κ1) is 16.9. The molecule has 1 heterocycles. The molecule has 26 heavy (non-hydrogen) atoms. The van der Waals surface area contributed by atoms with Gasteiger partial charge in [-0.25, -0.2) is 4.98 Å². The fourth-order valence-electron chi connectivity index (χ4n) is 3.59. The van der Waals surface area contributed by atoms with Crippen LogP contribution in [0.15, 0.2) is 84.9 Å². The number of aryl methyl sites for hydroxylation is 2. The van der Waals surface area contributed by atoms with Crippen molar-refractivity contribution in [1.82, 2.24) is 4.98 Å². The fraction of sp³-hybridized carbons (Fsp3) is 0.125. The van der Waals surface area contributed by atoms with Crippen LogP contribution in [-0.4, -0.2) is 11.6 Å². The molecule has 0 saturated carbocycles. The van der Waals surface area contributed by atoms with Gasteiger partial charge in [-0.2, -0.15) is 0 Å². The van der Waals surface area contributed by atoms with Gasteiger partial charge in [0.1, 0.15) is 17.9 Å². The molecule has 0 bridgehead atoms. The lowest BCUT2D eigenvalue weighted by atomic mass is 10.1. The zero-order chi connectivity index (χ0) is 18.1. The Kier molecular flexibility index (Phi) is 4.34. The monoisotopic (exact) mass is 356 g/mol. The van der Waals surface area contributed by atoms with Gasteiger partial charge in [-0.15, -0.1) is 0 Å². The molecule has 4 rings (SSSR count). The molecule has 0 radical (unpaired) electrons. The summed E-state index contributed by atoms with van der Waals surface area (Å²) in [6.07, 6.45) is 0. The van der Waals surface area contributed by atoms with E-state index in [1.165, 1.54) is 32.6 Å². The fourth-order valence-corrected chi connectivity index (χ4v) is 6.71. The maximum absolute atomic E-state index is 5.15. The third-order valence-electron chi connectivity index (χ3n) is 5.16. The van der Waals surface area contributed by atoms with Gasteiger partial charge < -0.3 is 0 Å². The molecule has 0 fully saturated rings. The van der Waals surface area contributed by atoms with Crippen LogP contribution in [0.4, 0.5) is 0 Å². The van der Waals surface area contributed by atoms with E-state index in [-0.39, 0.29) is 0 Å². The lowest BCUT2D eigenvalue weighted by Gasteiger charge is -2.23. The van der Waals surface area contributed by atoms with Crippen LogP contribution >= 0.6 is 7.26 Å². The standard InChI is InChI=1S/C24H23NP/c1-18-14-15-23-22(16-18)19(2)17-24(25-23)26(3,20-10-6-4-7-11-20)21-12-8-5-9-13-21/h4-17H,1-3H3/q+1. The Hall–Kier alpha value is -2.50. The first-order chi connectivity index (χ1) is 12.6. The van der Waals surface area contributed by atoms with Crippen LogP contribution in [0.3, 0.4) is 0 Å². The first-order valence-corrected chi connectivity index (χ1v) is 11.2. The smallest absolute Gasteiger partial charge is 0.193 e. The Morgan fingerprint density at radius 2 is 1.27 bits per heavy atom. The molecule has 1 aromatic heterocycles. The Balaban J connectivity index is 2.01. The third-order valence-corrected chi connectivity index (χ3v) is 8.97. The molecule has 2 heteroatoms. The molecule has 3 aromatic carbocycles. The molecule has 4 aromatic rings. The lowest BCUT2D eigenvalue weighted by molar-refractivity contribution is 1.39. The van der Waals surface area contributed by atoms with Gasteiger partial charge in [0.25, 0.3) is 0 Å². The van der Waals surface area contributed by atoms with E-state index < -0.39 is 7.26 Å². The second-order valence-corrected chi connectivity index (χ2v) is 10.5. The minimum atomic E-state index is -1.78. The summed E-state index contributed by atoms with van der Waals surface area (Å²) in [6.45, 7) is 6.73. The van der Waals surface area contributed by atoms with Crippen molar-refractivity contribution in [3.8, 4) is 0 Å². The Morgan fingerprint density at radius 3 is 1.85 bits per heavy atom. The molecule has 128 valence electrons. The summed E-state index contributed by atoms with van der Waals surface area (Å²) < 4.78 is 0. The van der Waals surface area contributed by atoms with E-state index in [9.17, 15) is 0 Å². The number of rotatable bonds is 3. The normalized spacial score (nSPS) is 11.7. The largest absolute Gasteiger partial charge is 0.213 e. The van der Waals surface area contributed by atoms with Gasteiger partial charge in [0.15, 0.2) is 5.44 Å². The number of hydrogen-bond acceptors (Lipinski definition) is 1. The third kappa shape index (κ3) is 2.83. The van der Waals surface area contributed by atoms with Crippen molar-refractivity contribution < 1.29 is 0 Å². The quantitative estimate of drug-likeness (QED) is 0.482.